The van der Waals surface area contributed by atoms with Crippen LogP contribution in [0.15, 0.2) is 36.7 Å². The second-order valence-electron chi connectivity index (χ2n) is 4.35. The van der Waals surface area contributed by atoms with E-state index in [4.69, 9.17) is 0 Å². The number of benzene rings is 1. The van der Waals surface area contributed by atoms with Crippen LogP contribution in [0.1, 0.15) is 18.1 Å². The average Bonchev–Trinajstić information content (AvgIpc) is 2.43. The van der Waals surface area contributed by atoms with Crippen molar-refractivity contribution in [2.75, 3.05) is 13.6 Å². The van der Waals surface area contributed by atoms with Crippen LogP contribution in [0.5, 0.6) is 0 Å². The molecule has 0 amide bonds. The summed E-state index contributed by atoms with van der Waals surface area (Å²) in [6, 6.07) is 7.51. The van der Waals surface area contributed by atoms with E-state index in [0.29, 0.717) is 13.0 Å². The number of aromatic nitrogens is 1. The Morgan fingerprint density at radius 2 is 2.11 bits per heavy atom. The summed E-state index contributed by atoms with van der Waals surface area (Å²) in [5.74, 6) is 0. The van der Waals surface area contributed by atoms with Gasteiger partial charge in [0.1, 0.15) is 6.10 Å². The first kappa shape index (κ1) is 13.0. The number of hydrogen-bond donors (Lipinski definition) is 3. The number of aliphatic hydroxyl groups is 2. The molecule has 4 nitrogen and oxygen atoms in total. The molecule has 96 valence electrons. The van der Waals surface area contributed by atoms with Crippen LogP contribution in [0.3, 0.4) is 0 Å². The Morgan fingerprint density at radius 1 is 1.28 bits per heavy atom. The Bertz CT molecular complexity index is 511. The summed E-state index contributed by atoms with van der Waals surface area (Å²) in [5, 5.41) is 25.0. The molecule has 0 aliphatic carbocycles. The minimum atomic E-state index is -0.871. The Morgan fingerprint density at radius 3 is 2.89 bits per heavy atom. The molecular formula is C14H18N2O2. The molecule has 1 aromatic carbocycles. The van der Waals surface area contributed by atoms with Crippen molar-refractivity contribution in [3.63, 3.8) is 0 Å². The molecule has 2 rings (SSSR count). The van der Waals surface area contributed by atoms with E-state index < -0.39 is 12.2 Å². The maximum Gasteiger partial charge on any atom is 0.105 e. The van der Waals surface area contributed by atoms with Gasteiger partial charge in [0.05, 0.1) is 6.10 Å². The van der Waals surface area contributed by atoms with Crippen LogP contribution < -0.4 is 5.32 Å². The maximum atomic E-state index is 10.2. The molecule has 0 bridgehead atoms. The van der Waals surface area contributed by atoms with Gasteiger partial charge in [0.2, 0.25) is 0 Å². The molecule has 1 aromatic heterocycles. The molecule has 0 aliphatic heterocycles. The largest absolute Gasteiger partial charge is 0.390 e. The molecule has 1 heterocycles. The summed E-state index contributed by atoms with van der Waals surface area (Å²) in [6.07, 6.45) is 2.32. The molecule has 3 N–H and O–H groups in total. The first-order chi connectivity index (χ1) is 8.74. The number of nitrogens with one attached hydrogen (secondary N) is 1. The summed E-state index contributed by atoms with van der Waals surface area (Å²) >= 11 is 0. The van der Waals surface area contributed by atoms with Crippen molar-refractivity contribution in [3.05, 3.63) is 42.2 Å². The first-order valence-corrected chi connectivity index (χ1v) is 6.07. The van der Waals surface area contributed by atoms with Gasteiger partial charge in [0.25, 0.3) is 0 Å². The predicted octanol–water partition coefficient (Wildman–Crippen LogP) is 1.24. The highest BCUT2D eigenvalue weighted by atomic mass is 16.3. The van der Waals surface area contributed by atoms with E-state index in [1.165, 1.54) is 0 Å². The van der Waals surface area contributed by atoms with E-state index in [1.54, 1.807) is 12.4 Å². The van der Waals surface area contributed by atoms with Crippen LogP contribution in [0.2, 0.25) is 0 Å². The lowest BCUT2D eigenvalue weighted by atomic mass is 9.97. The van der Waals surface area contributed by atoms with Crippen LogP contribution in [0.25, 0.3) is 10.8 Å². The van der Waals surface area contributed by atoms with E-state index in [1.807, 2.05) is 31.3 Å². The lowest BCUT2D eigenvalue weighted by molar-refractivity contribution is 0.0149. The third-order valence-corrected chi connectivity index (χ3v) is 3.09. The van der Waals surface area contributed by atoms with Crippen molar-refractivity contribution in [2.24, 2.45) is 0 Å². The van der Waals surface area contributed by atoms with Gasteiger partial charge in [0, 0.05) is 17.8 Å². The number of nitrogens with zero attached hydrogens (tertiary/aromatic N) is 1. The zero-order valence-electron chi connectivity index (χ0n) is 10.4. The molecule has 18 heavy (non-hydrogen) atoms. The number of rotatable bonds is 5. The molecule has 2 aromatic rings. The highest BCUT2D eigenvalue weighted by molar-refractivity contribution is 5.85. The van der Waals surface area contributed by atoms with Gasteiger partial charge in [-0.3, -0.25) is 4.98 Å². The van der Waals surface area contributed by atoms with E-state index >= 15 is 0 Å². The molecule has 0 spiro atoms. The number of pyridine rings is 1. The highest BCUT2D eigenvalue weighted by Gasteiger charge is 2.19. The molecule has 2 atom stereocenters. The molecule has 0 aliphatic rings. The summed E-state index contributed by atoms with van der Waals surface area (Å²) in [5.41, 5.74) is 0.749. The van der Waals surface area contributed by atoms with Crippen molar-refractivity contribution >= 4 is 10.8 Å². The lowest BCUT2D eigenvalue weighted by Crippen LogP contribution is -2.23. The van der Waals surface area contributed by atoms with E-state index in [9.17, 15) is 10.2 Å². The number of fused-ring (bicyclic) bond motifs is 1. The minimum Gasteiger partial charge on any atom is -0.390 e. The zero-order chi connectivity index (χ0) is 13.0. The summed E-state index contributed by atoms with van der Waals surface area (Å²) in [7, 11) is 1.82. The first-order valence-electron chi connectivity index (χ1n) is 6.07. The zero-order valence-corrected chi connectivity index (χ0v) is 10.4. The standard InChI is InChI=1S/C14H18N2O2/c1-15-7-6-13(17)14(18)12-4-2-3-10-9-16-8-5-11(10)12/h2-5,8-9,13-15,17-18H,6-7H2,1H3. The molecular weight excluding hydrogens is 228 g/mol. The van der Waals surface area contributed by atoms with Gasteiger partial charge in [-0.15, -0.1) is 0 Å². The Kier molecular flexibility index (Phi) is 4.25. The van der Waals surface area contributed by atoms with Gasteiger partial charge in [-0.25, -0.2) is 0 Å². The number of aliphatic hydroxyl groups excluding tert-OH is 2. The van der Waals surface area contributed by atoms with Crippen LogP contribution in [-0.2, 0) is 0 Å². The molecule has 0 saturated heterocycles. The second-order valence-corrected chi connectivity index (χ2v) is 4.35. The quantitative estimate of drug-likeness (QED) is 0.742. The second kappa shape index (κ2) is 5.91. The van der Waals surface area contributed by atoms with Crippen LogP contribution in [0, 0.1) is 0 Å². The van der Waals surface area contributed by atoms with Gasteiger partial charge in [-0.05, 0) is 37.0 Å². The Labute approximate surface area is 106 Å². The highest BCUT2D eigenvalue weighted by Crippen LogP contribution is 2.26. The summed E-state index contributed by atoms with van der Waals surface area (Å²) in [4.78, 5) is 4.05. The van der Waals surface area contributed by atoms with Gasteiger partial charge >= 0.3 is 0 Å². The summed E-state index contributed by atoms with van der Waals surface area (Å²) < 4.78 is 0. The molecule has 4 heteroatoms. The fraction of sp³-hybridized carbons (Fsp3) is 0.357. The van der Waals surface area contributed by atoms with Crippen molar-refractivity contribution < 1.29 is 10.2 Å². The third kappa shape index (κ3) is 2.67. The molecule has 2 unspecified atom stereocenters. The van der Waals surface area contributed by atoms with Crippen LogP contribution in [0.4, 0.5) is 0 Å². The minimum absolute atomic E-state index is 0.513. The Balaban J connectivity index is 2.29. The fourth-order valence-electron chi connectivity index (χ4n) is 2.06. The van der Waals surface area contributed by atoms with Gasteiger partial charge in [0.15, 0.2) is 0 Å². The predicted molar refractivity (Wildman–Crippen MR) is 71.3 cm³/mol. The molecule has 0 saturated carbocycles. The Hall–Kier alpha value is -1.49. The lowest BCUT2D eigenvalue weighted by Gasteiger charge is -2.19. The van der Waals surface area contributed by atoms with Crippen LogP contribution in [-0.4, -0.2) is 34.9 Å². The van der Waals surface area contributed by atoms with Crippen molar-refractivity contribution in [2.45, 2.75) is 18.6 Å². The third-order valence-electron chi connectivity index (χ3n) is 3.09. The van der Waals surface area contributed by atoms with Crippen molar-refractivity contribution in [1.82, 2.24) is 10.3 Å². The maximum absolute atomic E-state index is 10.2. The van der Waals surface area contributed by atoms with Crippen molar-refractivity contribution in [3.8, 4) is 0 Å². The fourth-order valence-corrected chi connectivity index (χ4v) is 2.06. The van der Waals surface area contributed by atoms with Gasteiger partial charge in [-0.2, -0.15) is 0 Å². The van der Waals surface area contributed by atoms with E-state index in [2.05, 4.69) is 10.3 Å². The van der Waals surface area contributed by atoms with Crippen molar-refractivity contribution in [1.29, 1.82) is 0 Å². The SMILES string of the molecule is CNCCC(O)C(O)c1cccc2cnccc12. The van der Waals surface area contributed by atoms with E-state index in [-0.39, 0.29) is 0 Å². The molecule has 0 radical (unpaired) electrons. The van der Waals surface area contributed by atoms with E-state index in [0.717, 1.165) is 16.3 Å². The average molecular weight is 246 g/mol. The number of hydrogen-bond acceptors (Lipinski definition) is 4. The van der Waals surface area contributed by atoms with Crippen LogP contribution >= 0.6 is 0 Å². The monoisotopic (exact) mass is 246 g/mol. The summed E-state index contributed by atoms with van der Waals surface area (Å²) in [6.45, 7) is 0.671. The van der Waals surface area contributed by atoms with Gasteiger partial charge < -0.3 is 15.5 Å². The smallest absolute Gasteiger partial charge is 0.105 e. The normalized spacial score (nSPS) is 14.6. The molecule has 0 fully saturated rings. The topological polar surface area (TPSA) is 65.4 Å². The van der Waals surface area contributed by atoms with Gasteiger partial charge in [-0.1, -0.05) is 18.2 Å².